The number of aromatic nitrogens is 1. The lowest BCUT2D eigenvalue weighted by molar-refractivity contribution is -0.117. The Kier molecular flexibility index (Phi) is 4.00. The van der Waals surface area contributed by atoms with Crippen molar-refractivity contribution < 1.29 is 4.79 Å². The van der Waals surface area contributed by atoms with Crippen molar-refractivity contribution in [3.05, 3.63) is 64.1 Å². The molecule has 1 amide bonds. The van der Waals surface area contributed by atoms with Crippen molar-refractivity contribution in [3.8, 4) is 0 Å². The fourth-order valence-corrected chi connectivity index (χ4v) is 1.81. The molecule has 3 N–H and O–H groups in total. The molecule has 1 aromatic carbocycles. The Labute approximate surface area is 117 Å². The second-order valence-corrected chi connectivity index (χ2v) is 4.74. The summed E-state index contributed by atoms with van der Waals surface area (Å²) in [6.45, 7) is 1.97. The number of nitrogens with two attached hydrogens (primary N) is 1. The van der Waals surface area contributed by atoms with E-state index < -0.39 is 6.04 Å². The van der Waals surface area contributed by atoms with Gasteiger partial charge in [-0.3, -0.25) is 9.59 Å². The zero-order valence-corrected chi connectivity index (χ0v) is 11.5. The van der Waals surface area contributed by atoms with E-state index in [4.69, 9.17) is 5.73 Å². The van der Waals surface area contributed by atoms with Crippen LogP contribution < -0.4 is 16.6 Å². The minimum atomic E-state index is -0.743. The van der Waals surface area contributed by atoms with Crippen LogP contribution >= 0.6 is 0 Å². The molecule has 0 saturated heterocycles. The molecular formula is C15H17N3O2. The van der Waals surface area contributed by atoms with Gasteiger partial charge >= 0.3 is 0 Å². The van der Waals surface area contributed by atoms with Gasteiger partial charge in [0.25, 0.3) is 0 Å². The number of carbonyl (C=O) groups excluding carboxylic acids is 1. The highest BCUT2D eigenvalue weighted by Crippen LogP contribution is 2.14. The Morgan fingerprint density at radius 1 is 1.20 bits per heavy atom. The van der Waals surface area contributed by atoms with Gasteiger partial charge in [0.15, 0.2) is 0 Å². The zero-order valence-electron chi connectivity index (χ0n) is 11.5. The molecule has 0 saturated carbocycles. The highest BCUT2D eigenvalue weighted by Gasteiger charge is 2.15. The van der Waals surface area contributed by atoms with Crippen LogP contribution in [-0.2, 0) is 11.8 Å². The number of rotatable bonds is 3. The summed E-state index contributed by atoms with van der Waals surface area (Å²) in [6.07, 6.45) is 1.56. The minimum absolute atomic E-state index is 0.133. The van der Waals surface area contributed by atoms with Crippen molar-refractivity contribution in [1.29, 1.82) is 0 Å². The van der Waals surface area contributed by atoms with Gasteiger partial charge in [-0.15, -0.1) is 0 Å². The number of amides is 1. The van der Waals surface area contributed by atoms with E-state index in [2.05, 4.69) is 5.32 Å². The number of hydrogen-bond donors (Lipinski definition) is 2. The van der Waals surface area contributed by atoms with Gasteiger partial charge in [0, 0.05) is 19.3 Å². The molecule has 1 atom stereocenters. The minimum Gasteiger partial charge on any atom is -0.323 e. The van der Waals surface area contributed by atoms with Crippen LogP contribution in [-0.4, -0.2) is 10.5 Å². The first kappa shape index (κ1) is 14.0. The third-order valence-corrected chi connectivity index (χ3v) is 3.07. The first-order valence-electron chi connectivity index (χ1n) is 6.27. The fraction of sp³-hybridized carbons (Fsp3) is 0.200. The molecule has 2 aromatic rings. The molecule has 0 radical (unpaired) electrons. The van der Waals surface area contributed by atoms with Gasteiger partial charge in [-0.1, -0.05) is 29.8 Å². The van der Waals surface area contributed by atoms with E-state index >= 15 is 0 Å². The van der Waals surface area contributed by atoms with Crippen molar-refractivity contribution in [2.75, 3.05) is 5.32 Å². The fourth-order valence-electron chi connectivity index (χ4n) is 1.81. The summed E-state index contributed by atoms with van der Waals surface area (Å²) in [5.74, 6) is -0.312. The van der Waals surface area contributed by atoms with Crippen LogP contribution in [0.3, 0.4) is 0 Å². The van der Waals surface area contributed by atoms with E-state index in [1.807, 2.05) is 31.2 Å². The quantitative estimate of drug-likeness (QED) is 0.884. The van der Waals surface area contributed by atoms with Gasteiger partial charge in [-0.05, 0) is 18.6 Å². The van der Waals surface area contributed by atoms with Gasteiger partial charge in [0.2, 0.25) is 11.5 Å². The van der Waals surface area contributed by atoms with E-state index in [1.165, 1.54) is 10.6 Å². The molecule has 0 fully saturated rings. The number of nitrogens with one attached hydrogen (secondary N) is 1. The van der Waals surface area contributed by atoms with Crippen molar-refractivity contribution in [1.82, 2.24) is 4.57 Å². The average Bonchev–Trinajstić information content (AvgIpc) is 2.43. The van der Waals surface area contributed by atoms with E-state index in [1.54, 1.807) is 19.3 Å². The second-order valence-electron chi connectivity index (χ2n) is 4.74. The number of benzene rings is 1. The Morgan fingerprint density at radius 2 is 1.85 bits per heavy atom. The summed E-state index contributed by atoms with van der Waals surface area (Å²) in [6, 6.07) is 9.70. The molecule has 5 heteroatoms. The summed E-state index contributed by atoms with van der Waals surface area (Å²) in [5, 5.41) is 2.70. The van der Waals surface area contributed by atoms with Crippen LogP contribution in [0.4, 0.5) is 5.69 Å². The molecule has 104 valence electrons. The van der Waals surface area contributed by atoms with Crippen LogP contribution in [0.1, 0.15) is 17.2 Å². The maximum absolute atomic E-state index is 12.1. The number of carbonyl (C=O) groups is 1. The lowest BCUT2D eigenvalue weighted by Crippen LogP contribution is -2.28. The van der Waals surface area contributed by atoms with Crippen molar-refractivity contribution in [2.24, 2.45) is 12.8 Å². The molecule has 0 bridgehead atoms. The van der Waals surface area contributed by atoms with Crippen LogP contribution in [0.5, 0.6) is 0 Å². The summed E-state index contributed by atoms with van der Waals surface area (Å²) in [7, 11) is 1.62. The Balaban J connectivity index is 2.13. The van der Waals surface area contributed by atoms with E-state index in [9.17, 15) is 9.59 Å². The van der Waals surface area contributed by atoms with Crippen LogP contribution in [0.25, 0.3) is 0 Å². The normalized spacial score (nSPS) is 11.9. The molecule has 0 aliphatic rings. The molecule has 0 spiro atoms. The van der Waals surface area contributed by atoms with Crippen LogP contribution in [0, 0.1) is 6.92 Å². The van der Waals surface area contributed by atoms with Crippen LogP contribution in [0.15, 0.2) is 47.4 Å². The van der Waals surface area contributed by atoms with Crippen molar-refractivity contribution in [2.45, 2.75) is 13.0 Å². The molecule has 1 aromatic heterocycles. The Bertz CT molecular complexity index is 674. The number of nitrogens with zero attached hydrogens (tertiary/aromatic N) is 1. The second kappa shape index (κ2) is 5.71. The standard InChI is InChI=1S/C15H17N3O2/c1-10-3-5-11(6-4-10)14(16)15(20)17-12-7-8-13(19)18(2)9-12/h3-9,14H,16H2,1-2H3,(H,17,20). The molecule has 0 aliphatic heterocycles. The van der Waals surface area contributed by atoms with E-state index in [0.717, 1.165) is 11.1 Å². The maximum Gasteiger partial charge on any atom is 0.250 e. The Hall–Kier alpha value is -2.40. The zero-order chi connectivity index (χ0) is 14.7. The number of pyridine rings is 1. The number of hydrogen-bond acceptors (Lipinski definition) is 3. The molecule has 1 unspecified atom stereocenters. The summed E-state index contributed by atoms with van der Waals surface area (Å²) < 4.78 is 1.40. The first-order chi connectivity index (χ1) is 9.47. The SMILES string of the molecule is Cc1ccc(C(N)C(=O)Nc2ccc(=O)n(C)c2)cc1. The number of aryl methyl sites for hydroxylation is 2. The molecule has 5 nitrogen and oxygen atoms in total. The number of anilines is 1. The summed E-state index contributed by atoms with van der Waals surface area (Å²) in [5.41, 5.74) is 8.19. The molecule has 20 heavy (non-hydrogen) atoms. The van der Waals surface area contributed by atoms with Gasteiger partial charge in [-0.25, -0.2) is 0 Å². The largest absolute Gasteiger partial charge is 0.323 e. The highest BCUT2D eigenvalue weighted by molar-refractivity contribution is 5.95. The van der Waals surface area contributed by atoms with Gasteiger partial charge < -0.3 is 15.6 Å². The monoisotopic (exact) mass is 271 g/mol. The first-order valence-corrected chi connectivity index (χ1v) is 6.27. The highest BCUT2D eigenvalue weighted by atomic mass is 16.2. The summed E-state index contributed by atoms with van der Waals surface area (Å²) >= 11 is 0. The van der Waals surface area contributed by atoms with Crippen molar-refractivity contribution >= 4 is 11.6 Å². The van der Waals surface area contributed by atoms with E-state index in [-0.39, 0.29) is 11.5 Å². The smallest absolute Gasteiger partial charge is 0.250 e. The molecular weight excluding hydrogens is 254 g/mol. The average molecular weight is 271 g/mol. The lowest BCUT2D eigenvalue weighted by atomic mass is 10.1. The predicted molar refractivity (Wildman–Crippen MR) is 78.4 cm³/mol. The lowest BCUT2D eigenvalue weighted by Gasteiger charge is -2.13. The molecule has 1 heterocycles. The molecule has 2 rings (SSSR count). The van der Waals surface area contributed by atoms with Gasteiger partial charge in [0.1, 0.15) is 6.04 Å². The third-order valence-electron chi connectivity index (χ3n) is 3.07. The van der Waals surface area contributed by atoms with Crippen LogP contribution in [0.2, 0.25) is 0 Å². The topological polar surface area (TPSA) is 77.1 Å². The van der Waals surface area contributed by atoms with Gasteiger partial charge in [0.05, 0.1) is 5.69 Å². The maximum atomic E-state index is 12.1. The summed E-state index contributed by atoms with van der Waals surface area (Å²) in [4.78, 5) is 23.3. The van der Waals surface area contributed by atoms with Crippen molar-refractivity contribution in [3.63, 3.8) is 0 Å². The van der Waals surface area contributed by atoms with E-state index in [0.29, 0.717) is 5.69 Å². The Morgan fingerprint density at radius 3 is 2.45 bits per heavy atom. The molecule has 0 aliphatic carbocycles. The van der Waals surface area contributed by atoms with Gasteiger partial charge in [-0.2, -0.15) is 0 Å². The predicted octanol–water partition coefficient (Wildman–Crippen LogP) is 1.33. The third kappa shape index (κ3) is 3.13.